The number of hydrogen-bond donors (Lipinski definition) is 0. The number of hydrogen-bond acceptors (Lipinski definition) is 5. The molecule has 0 aliphatic carbocycles. The Labute approximate surface area is 110 Å². The third-order valence-corrected chi connectivity index (χ3v) is 3.16. The number of rotatable bonds is 1. The molecule has 3 rings (SSSR count). The van der Waals surface area contributed by atoms with Crippen molar-refractivity contribution >= 4 is 16.9 Å². The van der Waals surface area contributed by atoms with E-state index in [4.69, 9.17) is 4.74 Å². The second-order valence-corrected chi connectivity index (χ2v) is 4.85. The van der Waals surface area contributed by atoms with Crippen LogP contribution in [0.4, 0.5) is 10.2 Å². The summed E-state index contributed by atoms with van der Waals surface area (Å²) < 4.78 is 19.4. The van der Waals surface area contributed by atoms with E-state index in [-0.39, 0.29) is 17.7 Å². The minimum atomic E-state index is -0.443. The summed E-state index contributed by atoms with van der Waals surface area (Å²) in [5.41, 5.74) is 0.767. The fraction of sp³-hybridized carbons (Fsp3) is 0.462. The zero-order chi connectivity index (χ0) is 13.4. The molecule has 2 atom stereocenters. The van der Waals surface area contributed by atoms with Crippen molar-refractivity contribution in [1.82, 2.24) is 15.0 Å². The Hall–Kier alpha value is -1.82. The van der Waals surface area contributed by atoms with Gasteiger partial charge in [0.05, 0.1) is 18.4 Å². The summed E-state index contributed by atoms with van der Waals surface area (Å²) in [7, 11) is 0. The van der Waals surface area contributed by atoms with Crippen molar-refractivity contribution < 1.29 is 9.13 Å². The molecule has 1 aliphatic rings. The maximum absolute atomic E-state index is 13.7. The largest absolute Gasteiger partial charge is 0.372 e. The van der Waals surface area contributed by atoms with Crippen LogP contribution in [0.2, 0.25) is 0 Å². The average Bonchev–Trinajstić information content (AvgIpc) is 2.38. The second kappa shape index (κ2) is 4.70. The summed E-state index contributed by atoms with van der Waals surface area (Å²) in [5.74, 6) is 0.229. The van der Waals surface area contributed by atoms with Gasteiger partial charge < -0.3 is 9.64 Å². The Balaban J connectivity index is 2.07. The zero-order valence-corrected chi connectivity index (χ0v) is 10.9. The summed E-state index contributed by atoms with van der Waals surface area (Å²) in [5, 5.41) is 0. The van der Waals surface area contributed by atoms with Crippen LogP contribution in [0.25, 0.3) is 11.0 Å². The summed E-state index contributed by atoms with van der Waals surface area (Å²) in [6.45, 7) is 5.46. The van der Waals surface area contributed by atoms with Crippen LogP contribution in [0.15, 0.2) is 18.6 Å². The fourth-order valence-electron chi connectivity index (χ4n) is 2.50. The normalized spacial score (nSPS) is 23.8. The molecule has 2 aromatic rings. The van der Waals surface area contributed by atoms with E-state index in [9.17, 15) is 4.39 Å². The van der Waals surface area contributed by atoms with Gasteiger partial charge in [0.2, 0.25) is 0 Å². The Kier molecular flexibility index (Phi) is 3.02. The van der Waals surface area contributed by atoms with Gasteiger partial charge in [0, 0.05) is 25.5 Å². The highest BCUT2D eigenvalue weighted by Crippen LogP contribution is 2.25. The minimum absolute atomic E-state index is 0.113. The maximum Gasteiger partial charge on any atom is 0.169 e. The molecular weight excluding hydrogens is 247 g/mol. The molecule has 0 radical (unpaired) electrons. The molecule has 3 heterocycles. The summed E-state index contributed by atoms with van der Waals surface area (Å²) >= 11 is 0. The molecule has 0 unspecified atom stereocenters. The molecule has 1 fully saturated rings. The van der Waals surface area contributed by atoms with Crippen LogP contribution in [-0.2, 0) is 4.74 Å². The van der Waals surface area contributed by atoms with Crippen LogP contribution in [0.5, 0.6) is 0 Å². The quantitative estimate of drug-likeness (QED) is 0.784. The summed E-state index contributed by atoms with van der Waals surface area (Å²) in [6.07, 6.45) is 4.47. The first-order chi connectivity index (χ1) is 9.15. The van der Waals surface area contributed by atoms with Crippen molar-refractivity contribution in [1.29, 1.82) is 0 Å². The monoisotopic (exact) mass is 262 g/mol. The standard InChI is InChI=1S/C13H15FN4O/c1-8-6-18(7-9(2)19-8)13-12-11(10(14)5-17-13)15-3-4-16-12/h3-5,8-9H,6-7H2,1-2H3/t8-,9+. The van der Waals surface area contributed by atoms with E-state index in [1.54, 1.807) is 6.20 Å². The van der Waals surface area contributed by atoms with Gasteiger partial charge in [-0.25, -0.2) is 19.3 Å². The highest BCUT2D eigenvalue weighted by atomic mass is 19.1. The fourth-order valence-corrected chi connectivity index (χ4v) is 2.50. The zero-order valence-electron chi connectivity index (χ0n) is 10.9. The number of morpholine rings is 1. The van der Waals surface area contributed by atoms with Crippen molar-refractivity contribution in [2.75, 3.05) is 18.0 Å². The van der Waals surface area contributed by atoms with Gasteiger partial charge in [-0.05, 0) is 13.8 Å². The van der Waals surface area contributed by atoms with Crippen molar-refractivity contribution in [2.24, 2.45) is 0 Å². The van der Waals surface area contributed by atoms with Crippen molar-refractivity contribution in [2.45, 2.75) is 26.1 Å². The molecule has 0 N–H and O–H groups in total. The molecule has 0 aromatic carbocycles. The number of fused-ring (bicyclic) bond motifs is 1. The predicted octanol–water partition coefficient (Wildman–Crippen LogP) is 1.78. The number of halogens is 1. The molecule has 0 bridgehead atoms. The number of aromatic nitrogens is 3. The number of anilines is 1. The smallest absolute Gasteiger partial charge is 0.169 e. The molecule has 19 heavy (non-hydrogen) atoms. The van der Waals surface area contributed by atoms with E-state index in [1.165, 1.54) is 12.4 Å². The van der Waals surface area contributed by atoms with E-state index < -0.39 is 5.82 Å². The minimum Gasteiger partial charge on any atom is -0.372 e. The van der Waals surface area contributed by atoms with Crippen LogP contribution < -0.4 is 4.90 Å². The molecule has 100 valence electrons. The molecule has 2 aromatic heterocycles. The lowest BCUT2D eigenvalue weighted by Crippen LogP contribution is -2.46. The van der Waals surface area contributed by atoms with E-state index >= 15 is 0 Å². The van der Waals surface area contributed by atoms with E-state index in [0.29, 0.717) is 24.4 Å². The van der Waals surface area contributed by atoms with Crippen molar-refractivity contribution in [3.05, 3.63) is 24.4 Å². The molecule has 0 saturated carbocycles. The van der Waals surface area contributed by atoms with Crippen LogP contribution in [0, 0.1) is 5.82 Å². The molecule has 5 nitrogen and oxygen atoms in total. The summed E-state index contributed by atoms with van der Waals surface area (Å²) in [4.78, 5) is 14.5. The van der Waals surface area contributed by atoms with E-state index in [2.05, 4.69) is 19.9 Å². The first-order valence-corrected chi connectivity index (χ1v) is 6.31. The molecule has 0 amide bonds. The molecule has 6 heteroatoms. The van der Waals surface area contributed by atoms with Gasteiger partial charge in [0.1, 0.15) is 11.0 Å². The van der Waals surface area contributed by atoms with Crippen LogP contribution in [0.3, 0.4) is 0 Å². The molecule has 0 spiro atoms. The van der Waals surface area contributed by atoms with Crippen molar-refractivity contribution in [3.63, 3.8) is 0 Å². The van der Waals surface area contributed by atoms with Crippen LogP contribution >= 0.6 is 0 Å². The highest BCUT2D eigenvalue weighted by molar-refractivity contribution is 5.85. The van der Waals surface area contributed by atoms with Crippen LogP contribution in [-0.4, -0.2) is 40.2 Å². The number of nitrogens with zero attached hydrogens (tertiary/aromatic N) is 4. The van der Waals surface area contributed by atoms with Gasteiger partial charge >= 0.3 is 0 Å². The van der Waals surface area contributed by atoms with Gasteiger partial charge in [0.15, 0.2) is 11.6 Å². The SMILES string of the molecule is C[C@@H]1CN(c2ncc(F)c3nccnc23)C[C@H](C)O1. The van der Waals surface area contributed by atoms with E-state index in [0.717, 1.165) is 0 Å². The van der Waals surface area contributed by atoms with Crippen LogP contribution in [0.1, 0.15) is 13.8 Å². The Bertz CT molecular complexity index is 596. The molecule has 1 saturated heterocycles. The molecular formula is C13H15FN4O. The topological polar surface area (TPSA) is 51.1 Å². The lowest BCUT2D eigenvalue weighted by Gasteiger charge is -2.36. The predicted molar refractivity (Wildman–Crippen MR) is 69.5 cm³/mol. The lowest BCUT2D eigenvalue weighted by molar-refractivity contribution is -0.00537. The molecule has 1 aliphatic heterocycles. The highest BCUT2D eigenvalue weighted by Gasteiger charge is 2.25. The third-order valence-electron chi connectivity index (χ3n) is 3.16. The van der Waals surface area contributed by atoms with Gasteiger partial charge in [-0.1, -0.05) is 0 Å². The average molecular weight is 262 g/mol. The van der Waals surface area contributed by atoms with Gasteiger partial charge in [-0.15, -0.1) is 0 Å². The Morgan fingerprint density at radius 2 is 1.74 bits per heavy atom. The van der Waals surface area contributed by atoms with E-state index in [1.807, 2.05) is 13.8 Å². The first-order valence-electron chi connectivity index (χ1n) is 6.31. The third kappa shape index (κ3) is 2.23. The van der Waals surface area contributed by atoms with Gasteiger partial charge in [-0.2, -0.15) is 0 Å². The number of ether oxygens (including phenoxy) is 1. The van der Waals surface area contributed by atoms with Gasteiger partial charge in [0.25, 0.3) is 0 Å². The van der Waals surface area contributed by atoms with Gasteiger partial charge in [-0.3, -0.25) is 0 Å². The maximum atomic E-state index is 13.7. The second-order valence-electron chi connectivity index (χ2n) is 4.85. The Morgan fingerprint density at radius 3 is 2.42 bits per heavy atom. The lowest BCUT2D eigenvalue weighted by atomic mass is 10.2. The van der Waals surface area contributed by atoms with Crippen molar-refractivity contribution in [3.8, 4) is 0 Å². The Morgan fingerprint density at radius 1 is 1.11 bits per heavy atom. The first kappa shape index (κ1) is 12.2. The number of pyridine rings is 1. The summed E-state index contributed by atoms with van der Waals surface area (Å²) in [6, 6.07) is 0.